The molecule has 0 saturated heterocycles. The van der Waals surface area contributed by atoms with Crippen molar-refractivity contribution in [2.75, 3.05) is 39.6 Å². The molecule has 0 aliphatic rings. The fourth-order valence-corrected chi connectivity index (χ4v) is 3.45. The van der Waals surface area contributed by atoms with Gasteiger partial charge in [0.2, 0.25) is 0 Å². The number of hydrogen-bond donors (Lipinski definition) is 3. The number of thiol groups is 3. The predicted octanol–water partition coefficient (Wildman–Crippen LogP) is 2.68. The second kappa shape index (κ2) is 40.2. The fourth-order valence-electron chi connectivity index (χ4n) is 3.14. The summed E-state index contributed by atoms with van der Waals surface area (Å²) in [5.74, 6) is -3.37. The molecule has 254 valence electrons. The van der Waals surface area contributed by atoms with E-state index in [2.05, 4.69) is 58.7 Å². The summed E-state index contributed by atoms with van der Waals surface area (Å²) >= 11 is 11.5. The van der Waals surface area contributed by atoms with E-state index in [9.17, 15) is 29.7 Å². The van der Waals surface area contributed by atoms with E-state index in [4.69, 9.17) is 14.2 Å². The van der Waals surface area contributed by atoms with Crippen molar-refractivity contribution >= 4 is 80.2 Å². The maximum Gasteiger partial charge on any atom is 3.00 e. The molecule has 0 aromatic carbocycles. The van der Waals surface area contributed by atoms with Crippen molar-refractivity contribution in [2.45, 2.75) is 133 Å². The van der Waals surface area contributed by atoms with Gasteiger partial charge in [-0.05, 0) is 38.5 Å². The number of hydrogen-bond acceptors (Lipinski definition) is 12. The molecule has 0 rings (SSSR count). The molecule has 3 unspecified atom stereocenters. The number of unbranched alkanes of at least 4 members (excludes halogenated alkanes) is 9. The molecule has 0 amide bonds. The third-order valence-corrected chi connectivity index (χ3v) is 7.26. The average molecular weight is 780 g/mol. The van der Waals surface area contributed by atoms with E-state index in [1.165, 1.54) is 57.8 Å². The van der Waals surface area contributed by atoms with Crippen LogP contribution in [0.1, 0.15) is 117 Å². The van der Waals surface area contributed by atoms with Gasteiger partial charge in [0.25, 0.3) is 0 Å². The van der Waals surface area contributed by atoms with Crippen molar-refractivity contribution in [2.24, 2.45) is 0 Å². The van der Waals surface area contributed by atoms with Crippen LogP contribution in [0.2, 0.25) is 0 Å². The van der Waals surface area contributed by atoms with Crippen molar-refractivity contribution in [1.29, 1.82) is 0 Å². The number of carbonyl (C=O) groups is 3. The average Bonchev–Trinajstić information content (AvgIpc) is 2.95. The quantitative estimate of drug-likeness (QED) is 0.0651. The van der Waals surface area contributed by atoms with Gasteiger partial charge in [-0.1, -0.05) is 78.6 Å². The van der Waals surface area contributed by atoms with Crippen molar-refractivity contribution in [1.82, 2.24) is 0 Å². The molecule has 0 N–H and O–H groups in total. The molecule has 0 aliphatic heterocycles. The van der Waals surface area contributed by atoms with Crippen molar-refractivity contribution in [3.63, 3.8) is 0 Å². The zero-order valence-corrected chi connectivity index (χ0v) is 31.8. The molecule has 0 bridgehead atoms. The topological polar surface area (TPSA) is 148 Å². The van der Waals surface area contributed by atoms with Crippen LogP contribution in [0.25, 0.3) is 0 Å². The maximum atomic E-state index is 10.3. The van der Waals surface area contributed by atoms with Crippen LogP contribution in [0.3, 0.4) is 0 Å². The van der Waals surface area contributed by atoms with E-state index in [0.717, 1.165) is 19.3 Å². The minimum absolute atomic E-state index is 0. The van der Waals surface area contributed by atoms with Crippen LogP contribution in [0.15, 0.2) is 0 Å². The molecule has 0 aromatic rings. The number of aliphatic carboxylic acids is 3. The Morgan fingerprint density at radius 1 is 0.465 bits per heavy atom. The number of ether oxygens (including phenoxy) is 3. The Morgan fingerprint density at radius 2 is 0.698 bits per heavy atom. The van der Waals surface area contributed by atoms with E-state index >= 15 is 0 Å². The van der Waals surface area contributed by atoms with Crippen LogP contribution < -0.4 is 15.3 Å². The van der Waals surface area contributed by atoms with E-state index in [1.807, 2.05) is 0 Å². The van der Waals surface area contributed by atoms with Crippen LogP contribution in [0.5, 0.6) is 0 Å². The Kier molecular flexibility index (Phi) is 46.7. The Bertz CT molecular complexity index is 539. The third-order valence-electron chi connectivity index (χ3n) is 5.85. The summed E-state index contributed by atoms with van der Waals surface area (Å²) in [6.45, 7) is 9.98. The van der Waals surface area contributed by atoms with Crippen molar-refractivity contribution < 1.29 is 43.9 Å². The molecule has 0 aliphatic carbocycles. The first-order chi connectivity index (χ1) is 20.0. The minimum Gasteiger partial charge on any atom is -0.549 e. The van der Waals surface area contributed by atoms with Crippen LogP contribution in [-0.4, -0.2) is 97.7 Å². The molecule has 3 atom stereocenters. The van der Waals surface area contributed by atoms with E-state index in [0.29, 0.717) is 58.9 Å². The van der Waals surface area contributed by atoms with Crippen LogP contribution in [0.4, 0.5) is 0 Å². The zero-order chi connectivity index (χ0) is 32.4. The van der Waals surface area contributed by atoms with E-state index in [-0.39, 0.29) is 24.4 Å². The zero-order valence-electron chi connectivity index (χ0n) is 26.5. The summed E-state index contributed by atoms with van der Waals surface area (Å²) in [6.07, 6.45) is 15.3. The number of rotatable bonds is 27. The van der Waals surface area contributed by atoms with Crippen LogP contribution in [0, 0.1) is 0 Å². The first-order valence-corrected chi connectivity index (χ1v) is 17.0. The van der Waals surface area contributed by atoms with Gasteiger partial charge in [0.05, 0.1) is 17.9 Å². The third kappa shape index (κ3) is 44.3. The molecule has 2 radical (unpaired) electrons. The number of carboxylic acid groups (broad SMARTS) is 3. The summed E-state index contributed by atoms with van der Waals surface area (Å²) in [5.41, 5.74) is 0. The van der Waals surface area contributed by atoms with Gasteiger partial charge in [-0.25, -0.2) is 0 Å². The number of carboxylic acids is 3. The summed E-state index contributed by atoms with van der Waals surface area (Å²) < 4.78 is 15.8. The molecule has 0 spiro atoms. The van der Waals surface area contributed by atoms with Crippen molar-refractivity contribution in [3.8, 4) is 0 Å². The maximum absolute atomic E-state index is 10.3. The molecular weight excluding hydrogens is 722 g/mol. The molecule has 0 fully saturated rings. The van der Waals surface area contributed by atoms with Gasteiger partial charge in [0.15, 0.2) is 0 Å². The Hall–Kier alpha value is 0.158. The second-order valence-electron chi connectivity index (χ2n) is 9.89. The summed E-state index contributed by atoms with van der Waals surface area (Å²) in [7, 11) is 0. The molecule has 9 nitrogen and oxygen atoms in total. The first kappa shape index (κ1) is 50.0. The van der Waals surface area contributed by atoms with Gasteiger partial charge in [-0.3, -0.25) is 0 Å². The number of carbonyl (C=O) groups excluding carboxylic acids is 3. The Balaban J connectivity index is -0.000000262. The Labute approximate surface area is 295 Å². The van der Waals surface area contributed by atoms with Crippen molar-refractivity contribution in [3.05, 3.63) is 0 Å². The van der Waals surface area contributed by atoms with Crippen LogP contribution >= 0.6 is 37.9 Å². The van der Waals surface area contributed by atoms with E-state index in [1.54, 1.807) is 0 Å². The van der Waals surface area contributed by atoms with Gasteiger partial charge in [-0.2, -0.15) is 37.9 Å². The summed E-state index contributed by atoms with van der Waals surface area (Å²) in [6, 6.07) is 0. The predicted molar refractivity (Wildman–Crippen MR) is 178 cm³/mol. The van der Waals surface area contributed by atoms with E-state index < -0.39 is 33.7 Å². The monoisotopic (exact) mass is 778 g/mol. The summed E-state index contributed by atoms with van der Waals surface area (Å²) in [5, 5.41) is 28.7. The normalized spacial score (nSPS) is 12.4. The van der Waals surface area contributed by atoms with Gasteiger partial charge in [0.1, 0.15) is 0 Å². The molecule has 0 aromatic heterocycles. The standard InChI is InChI=1S/3C10H20O3S.Sb/c3*1-2-3-4-5-7-13-8-6-9(14)10(11)12;/h3*9,14H,2-8H2,1H3,(H,11,12);/q;;;+3/p-3. The summed E-state index contributed by atoms with van der Waals surface area (Å²) in [4.78, 5) is 30.8. The van der Waals surface area contributed by atoms with Gasteiger partial charge in [0, 0.05) is 55.4 Å². The molecule has 0 heterocycles. The SMILES string of the molecule is CCCCCCOCCC(S)C(=O)[O-].CCCCCCOCCC(S)C(=O)[O-].CCCCCCOCCC(S)C(=O)[O-].[Sb+3]. The van der Waals surface area contributed by atoms with Gasteiger partial charge < -0.3 is 43.9 Å². The largest absolute Gasteiger partial charge is 3.00 e. The first-order valence-electron chi connectivity index (χ1n) is 15.4. The molecule has 43 heavy (non-hydrogen) atoms. The molecule has 0 saturated carbocycles. The van der Waals surface area contributed by atoms with Gasteiger partial charge >= 0.3 is 24.4 Å². The second-order valence-corrected chi connectivity index (χ2v) is 11.8. The molecular formula is C30H57O9S3Sb. The Morgan fingerprint density at radius 3 is 0.884 bits per heavy atom. The smallest absolute Gasteiger partial charge is 0.549 e. The fraction of sp³-hybridized carbons (Fsp3) is 0.900. The molecule has 13 heteroatoms. The minimum atomic E-state index is -1.12. The van der Waals surface area contributed by atoms with Gasteiger partial charge in [-0.15, -0.1) is 0 Å². The van der Waals surface area contributed by atoms with Crippen LogP contribution in [-0.2, 0) is 28.6 Å².